The van der Waals surface area contributed by atoms with E-state index in [0.717, 1.165) is 43.7 Å². The minimum absolute atomic E-state index is 0.732. The van der Waals surface area contributed by atoms with E-state index in [1.807, 2.05) is 12.1 Å². The molecule has 0 unspecified atom stereocenters. The van der Waals surface area contributed by atoms with Crippen LogP contribution < -0.4 is 10.2 Å². The first-order valence-electron chi connectivity index (χ1n) is 7.98. The molecule has 0 atom stereocenters. The van der Waals surface area contributed by atoms with Crippen LogP contribution in [-0.2, 0) is 11.3 Å². The summed E-state index contributed by atoms with van der Waals surface area (Å²) in [6.07, 6.45) is 4.11. The average Bonchev–Trinajstić information content (AvgIpc) is 2.44. The number of ether oxygens (including phenoxy) is 1. The molecule has 1 fully saturated rings. The third kappa shape index (κ3) is 4.60. The van der Waals surface area contributed by atoms with E-state index in [0.29, 0.717) is 0 Å². The Kier molecular flexibility index (Phi) is 6.81. The van der Waals surface area contributed by atoms with Gasteiger partial charge >= 0.3 is 0 Å². The van der Waals surface area contributed by atoms with Crippen molar-refractivity contribution in [1.29, 1.82) is 0 Å². The molecule has 1 aliphatic rings. The summed E-state index contributed by atoms with van der Waals surface area (Å²) in [7, 11) is 1.73. The minimum atomic E-state index is 0.732. The topological polar surface area (TPSA) is 24.5 Å². The highest BCUT2D eigenvalue weighted by Crippen LogP contribution is 2.34. The van der Waals surface area contributed by atoms with E-state index < -0.39 is 0 Å². The van der Waals surface area contributed by atoms with Crippen LogP contribution in [-0.4, -0.2) is 33.4 Å². The summed E-state index contributed by atoms with van der Waals surface area (Å²) in [4.78, 5) is 2.44. The lowest BCUT2D eigenvalue weighted by Crippen LogP contribution is -2.33. The highest BCUT2D eigenvalue weighted by atomic mass is 35.5. The van der Waals surface area contributed by atoms with Crippen molar-refractivity contribution in [3.05, 3.63) is 28.8 Å². The van der Waals surface area contributed by atoms with Crippen molar-refractivity contribution in [2.45, 2.75) is 32.7 Å². The lowest BCUT2D eigenvalue weighted by molar-refractivity contribution is 0.199. The van der Waals surface area contributed by atoms with Gasteiger partial charge in [0.25, 0.3) is 0 Å². The Bertz CT molecular complexity index is 435. The standard InChI is InChI=1S/C17H27ClN2O/c1-3-20(13-14-6-4-7-14)17-15(8-5-9-16(17)18)12-19-10-11-21-2/h5,8-9,14,19H,3-4,6-7,10-13H2,1-2H3. The first kappa shape index (κ1) is 16.6. The van der Waals surface area contributed by atoms with Gasteiger partial charge in [0.1, 0.15) is 0 Å². The summed E-state index contributed by atoms with van der Waals surface area (Å²) in [5.41, 5.74) is 2.48. The monoisotopic (exact) mass is 310 g/mol. The van der Waals surface area contributed by atoms with Gasteiger partial charge in [-0.15, -0.1) is 0 Å². The van der Waals surface area contributed by atoms with Crippen LogP contribution >= 0.6 is 11.6 Å². The second kappa shape index (κ2) is 8.62. The minimum Gasteiger partial charge on any atom is -0.383 e. The van der Waals surface area contributed by atoms with Crippen molar-refractivity contribution in [2.75, 3.05) is 38.3 Å². The predicted octanol–water partition coefficient (Wildman–Crippen LogP) is 3.70. The van der Waals surface area contributed by atoms with Crippen LogP contribution in [0.15, 0.2) is 18.2 Å². The number of para-hydroxylation sites is 1. The number of hydrogen-bond donors (Lipinski definition) is 1. The Morgan fingerprint density at radius 2 is 2.19 bits per heavy atom. The molecular weight excluding hydrogens is 284 g/mol. The first-order chi connectivity index (χ1) is 10.3. The van der Waals surface area contributed by atoms with Gasteiger partial charge in [0.15, 0.2) is 0 Å². The van der Waals surface area contributed by atoms with Gasteiger partial charge in [-0.05, 0) is 37.3 Å². The van der Waals surface area contributed by atoms with Crippen molar-refractivity contribution >= 4 is 17.3 Å². The fourth-order valence-electron chi connectivity index (χ4n) is 2.82. The molecule has 0 radical (unpaired) electrons. The Morgan fingerprint density at radius 1 is 1.38 bits per heavy atom. The van der Waals surface area contributed by atoms with E-state index >= 15 is 0 Å². The van der Waals surface area contributed by atoms with Crippen molar-refractivity contribution in [2.24, 2.45) is 5.92 Å². The van der Waals surface area contributed by atoms with Gasteiger partial charge in [-0.25, -0.2) is 0 Å². The number of halogens is 1. The van der Waals surface area contributed by atoms with Crippen molar-refractivity contribution in [3.63, 3.8) is 0 Å². The van der Waals surface area contributed by atoms with E-state index in [4.69, 9.17) is 16.3 Å². The van der Waals surface area contributed by atoms with Crippen LogP contribution in [0.5, 0.6) is 0 Å². The number of rotatable bonds is 9. The maximum absolute atomic E-state index is 6.49. The number of benzene rings is 1. The molecule has 21 heavy (non-hydrogen) atoms. The van der Waals surface area contributed by atoms with E-state index in [1.165, 1.54) is 30.5 Å². The molecule has 2 rings (SSSR count). The van der Waals surface area contributed by atoms with E-state index in [1.54, 1.807) is 7.11 Å². The molecule has 0 amide bonds. The molecule has 0 saturated heterocycles. The fraction of sp³-hybridized carbons (Fsp3) is 0.647. The van der Waals surface area contributed by atoms with Crippen LogP contribution in [0.2, 0.25) is 5.02 Å². The van der Waals surface area contributed by atoms with Crippen molar-refractivity contribution in [1.82, 2.24) is 5.32 Å². The molecule has 4 heteroatoms. The molecule has 1 N–H and O–H groups in total. The molecule has 1 aromatic carbocycles. The summed E-state index contributed by atoms with van der Waals surface area (Å²) in [6.45, 7) is 6.77. The zero-order valence-corrected chi connectivity index (χ0v) is 14.0. The number of methoxy groups -OCH3 is 1. The van der Waals surface area contributed by atoms with Gasteiger partial charge in [0, 0.05) is 33.3 Å². The maximum atomic E-state index is 6.49. The van der Waals surface area contributed by atoms with E-state index in [2.05, 4.69) is 23.2 Å². The zero-order chi connectivity index (χ0) is 15.1. The summed E-state index contributed by atoms with van der Waals surface area (Å²) >= 11 is 6.49. The molecule has 1 aromatic rings. The van der Waals surface area contributed by atoms with Crippen molar-refractivity contribution < 1.29 is 4.74 Å². The summed E-state index contributed by atoms with van der Waals surface area (Å²) in [5.74, 6) is 0.843. The molecule has 0 aliphatic heterocycles. The van der Waals surface area contributed by atoms with Crippen LogP contribution in [0.3, 0.4) is 0 Å². The lowest BCUT2D eigenvalue weighted by atomic mass is 9.85. The van der Waals surface area contributed by atoms with Gasteiger partial charge in [0.2, 0.25) is 0 Å². The van der Waals surface area contributed by atoms with Gasteiger partial charge in [-0.2, -0.15) is 0 Å². The molecule has 118 valence electrons. The molecule has 0 bridgehead atoms. The molecule has 3 nitrogen and oxygen atoms in total. The van der Waals surface area contributed by atoms with Gasteiger partial charge in [-0.1, -0.05) is 30.2 Å². The Balaban J connectivity index is 2.06. The summed E-state index contributed by atoms with van der Waals surface area (Å²) in [6, 6.07) is 6.21. The molecular formula is C17H27ClN2O. The third-order valence-electron chi connectivity index (χ3n) is 4.27. The van der Waals surface area contributed by atoms with Crippen LogP contribution in [0.25, 0.3) is 0 Å². The highest BCUT2D eigenvalue weighted by Gasteiger charge is 2.22. The molecule has 1 aliphatic carbocycles. The van der Waals surface area contributed by atoms with Crippen LogP contribution in [0.1, 0.15) is 31.7 Å². The molecule has 0 spiro atoms. The predicted molar refractivity (Wildman–Crippen MR) is 90.3 cm³/mol. The van der Waals surface area contributed by atoms with Gasteiger partial charge in [-0.3, -0.25) is 0 Å². The van der Waals surface area contributed by atoms with Crippen LogP contribution in [0.4, 0.5) is 5.69 Å². The Hall–Kier alpha value is -0.770. The Labute approximate surface area is 133 Å². The maximum Gasteiger partial charge on any atom is 0.0642 e. The number of anilines is 1. The fourth-order valence-corrected chi connectivity index (χ4v) is 3.13. The highest BCUT2D eigenvalue weighted by molar-refractivity contribution is 6.33. The second-order valence-corrected chi connectivity index (χ2v) is 6.16. The number of nitrogens with one attached hydrogen (secondary N) is 1. The second-order valence-electron chi connectivity index (χ2n) is 5.75. The van der Waals surface area contributed by atoms with Gasteiger partial charge < -0.3 is 15.0 Å². The average molecular weight is 311 g/mol. The molecule has 0 aromatic heterocycles. The van der Waals surface area contributed by atoms with Gasteiger partial charge in [0.05, 0.1) is 17.3 Å². The zero-order valence-electron chi connectivity index (χ0n) is 13.2. The first-order valence-corrected chi connectivity index (χ1v) is 8.36. The van der Waals surface area contributed by atoms with Crippen molar-refractivity contribution in [3.8, 4) is 0 Å². The van der Waals surface area contributed by atoms with Crippen LogP contribution in [0, 0.1) is 5.92 Å². The quantitative estimate of drug-likeness (QED) is 0.704. The smallest absolute Gasteiger partial charge is 0.0642 e. The number of hydrogen-bond acceptors (Lipinski definition) is 3. The Morgan fingerprint density at radius 3 is 2.81 bits per heavy atom. The normalized spacial score (nSPS) is 15.0. The summed E-state index contributed by atoms with van der Waals surface area (Å²) < 4.78 is 5.08. The lowest BCUT2D eigenvalue weighted by Gasteiger charge is -2.34. The number of nitrogens with zero attached hydrogens (tertiary/aromatic N) is 1. The summed E-state index contributed by atoms with van der Waals surface area (Å²) in [5, 5.41) is 4.28. The van der Waals surface area contributed by atoms with E-state index in [-0.39, 0.29) is 0 Å². The SMILES string of the molecule is CCN(CC1CCC1)c1c(Cl)cccc1CNCCOC. The van der Waals surface area contributed by atoms with E-state index in [9.17, 15) is 0 Å². The molecule has 1 saturated carbocycles. The molecule has 0 heterocycles. The third-order valence-corrected chi connectivity index (χ3v) is 4.58. The largest absolute Gasteiger partial charge is 0.383 e.